The van der Waals surface area contributed by atoms with Gasteiger partial charge in [-0.3, -0.25) is 0 Å². The van der Waals surface area contributed by atoms with Crippen LogP contribution in [-0.2, 0) is 11.0 Å². The molecule has 0 fully saturated rings. The van der Waals surface area contributed by atoms with E-state index in [1.165, 1.54) is 30.3 Å². The summed E-state index contributed by atoms with van der Waals surface area (Å²) in [4.78, 5) is 10.4. The van der Waals surface area contributed by atoms with E-state index in [-0.39, 0.29) is 21.6 Å². The molecule has 2 aromatic rings. The van der Waals surface area contributed by atoms with Gasteiger partial charge in [0, 0.05) is 16.1 Å². The van der Waals surface area contributed by atoms with Gasteiger partial charge in [0.1, 0.15) is 11.5 Å². The first-order chi connectivity index (χ1) is 9.77. The Morgan fingerprint density at radius 3 is 2.57 bits per heavy atom. The lowest BCUT2D eigenvalue weighted by Gasteiger charge is -2.10. The number of halogens is 4. The van der Waals surface area contributed by atoms with E-state index in [0.29, 0.717) is 0 Å². The standard InChI is InChI=1S/C14H8BrF3O3/c15-11-4-1-8(7-10(11)14(16,17)18)12-5-2-9(21-12)3-6-13(19)20/h1-7H,(H,19,20)/b6-3+. The molecule has 1 N–H and O–H groups in total. The monoisotopic (exact) mass is 360 g/mol. The van der Waals surface area contributed by atoms with Crippen LogP contribution in [0.15, 0.2) is 45.3 Å². The first-order valence-corrected chi connectivity index (χ1v) is 6.44. The van der Waals surface area contributed by atoms with E-state index < -0.39 is 17.7 Å². The fourth-order valence-corrected chi connectivity index (χ4v) is 2.12. The summed E-state index contributed by atoms with van der Waals surface area (Å²) in [7, 11) is 0. The Bertz CT molecular complexity index is 702. The highest BCUT2D eigenvalue weighted by atomic mass is 79.9. The van der Waals surface area contributed by atoms with Crippen LogP contribution >= 0.6 is 15.9 Å². The van der Waals surface area contributed by atoms with Gasteiger partial charge in [0.15, 0.2) is 0 Å². The molecule has 0 spiro atoms. The number of carbonyl (C=O) groups is 1. The Morgan fingerprint density at radius 2 is 1.95 bits per heavy atom. The number of benzene rings is 1. The second kappa shape index (κ2) is 5.77. The van der Waals surface area contributed by atoms with Crippen LogP contribution < -0.4 is 0 Å². The minimum atomic E-state index is -4.48. The van der Waals surface area contributed by atoms with Crippen molar-refractivity contribution in [2.45, 2.75) is 6.18 Å². The number of hydrogen-bond acceptors (Lipinski definition) is 2. The number of alkyl halides is 3. The maximum absolute atomic E-state index is 12.8. The van der Waals surface area contributed by atoms with E-state index in [9.17, 15) is 18.0 Å². The Kier molecular flexibility index (Phi) is 4.22. The molecule has 0 aliphatic heterocycles. The molecule has 1 aromatic heterocycles. The summed E-state index contributed by atoms with van der Waals surface area (Å²) in [5.41, 5.74) is -0.556. The molecule has 3 nitrogen and oxygen atoms in total. The molecule has 0 saturated carbocycles. The van der Waals surface area contributed by atoms with Crippen LogP contribution in [0.1, 0.15) is 11.3 Å². The predicted molar refractivity (Wildman–Crippen MR) is 73.5 cm³/mol. The van der Waals surface area contributed by atoms with Gasteiger partial charge in [-0.05, 0) is 30.3 Å². The van der Waals surface area contributed by atoms with Gasteiger partial charge in [0.2, 0.25) is 0 Å². The van der Waals surface area contributed by atoms with Crippen molar-refractivity contribution < 1.29 is 27.5 Å². The second-order valence-corrected chi connectivity index (χ2v) is 4.92. The van der Waals surface area contributed by atoms with Crippen LogP contribution in [0.3, 0.4) is 0 Å². The number of carboxylic acid groups (broad SMARTS) is 1. The van der Waals surface area contributed by atoms with E-state index >= 15 is 0 Å². The van der Waals surface area contributed by atoms with Gasteiger partial charge in [-0.2, -0.15) is 13.2 Å². The van der Waals surface area contributed by atoms with Gasteiger partial charge in [0.05, 0.1) is 5.56 Å². The van der Waals surface area contributed by atoms with Gasteiger partial charge < -0.3 is 9.52 Å². The van der Waals surface area contributed by atoms with Crippen LogP contribution in [-0.4, -0.2) is 11.1 Å². The fraction of sp³-hybridized carbons (Fsp3) is 0.0714. The molecule has 1 aromatic carbocycles. The van der Waals surface area contributed by atoms with Crippen molar-refractivity contribution in [2.75, 3.05) is 0 Å². The molecule has 2 rings (SSSR count). The Balaban J connectivity index is 2.37. The van der Waals surface area contributed by atoms with Gasteiger partial charge in [-0.15, -0.1) is 0 Å². The van der Waals surface area contributed by atoms with Crippen LogP contribution in [0.4, 0.5) is 13.2 Å². The highest BCUT2D eigenvalue weighted by Crippen LogP contribution is 2.37. The van der Waals surface area contributed by atoms with Crippen LogP contribution in [0.5, 0.6) is 0 Å². The van der Waals surface area contributed by atoms with Crippen molar-refractivity contribution in [1.82, 2.24) is 0 Å². The summed E-state index contributed by atoms with van der Waals surface area (Å²) in [5, 5.41) is 8.50. The normalized spacial score (nSPS) is 12.0. The molecule has 7 heteroatoms. The molecular weight excluding hydrogens is 353 g/mol. The lowest BCUT2D eigenvalue weighted by molar-refractivity contribution is -0.138. The van der Waals surface area contributed by atoms with Crippen molar-refractivity contribution >= 4 is 28.0 Å². The molecule has 1 heterocycles. The minimum absolute atomic E-state index is 0.0590. The van der Waals surface area contributed by atoms with Gasteiger partial charge in [-0.1, -0.05) is 22.0 Å². The van der Waals surface area contributed by atoms with Crippen molar-refractivity contribution in [2.24, 2.45) is 0 Å². The van der Waals surface area contributed by atoms with Crippen LogP contribution in [0.25, 0.3) is 17.4 Å². The SMILES string of the molecule is O=C(O)/C=C/c1ccc(-c2ccc(Br)c(C(F)(F)F)c2)o1. The molecule has 0 atom stereocenters. The van der Waals surface area contributed by atoms with Gasteiger partial charge in [-0.25, -0.2) is 4.79 Å². The second-order valence-electron chi connectivity index (χ2n) is 4.07. The summed E-state index contributed by atoms with van der Waals surface area (Å²) >= 11 is 2.86. The number of furan rings is 1. The largest absolute Gasteiger partial charge is 0.478 e. The summed E-state index contributed by atoms with van der Waals surface area (Å²) < 4.78 is 43.7. The molecule has 0 aliphatic rings. The maximum atomic E-state index is 12.8. The Labute approximate surface area is 125 Å². The third-order valence-electron chi connectivity index (χ3n) is 2.57. The molecule has 0 bridgehead atoms. The van der Waals surface area contributed by atoms with Gasteiger partial charge >= 0.3 is 12.1 Å². The van der Waals surface area contributed by atoms with Crippen LogP contribution in [0, 0.1) is 0 Å². The first-order valence-electron chi connectivity index (χ1n) is 5.65. The highest BCUT2D eigenvalue weighted by Gasteiger charge is 2.33. The number of aliphatic carboxylic acids is 1. The van der Waals surface area contributed by atoms with Crippen molar-refractivity contribution in [3.05, 3.63) is 52.2 Å². The average Bonchev–Trinajstić information content (AvgIpc) is 2.84. The molecular formula is C14H8BrF3O3. The quantitative estimate of drug-likeness (QED) is 0.797. The van der Waals surface area contributed by atoms with E-state index in [0.717, 1.165) is 12.1 Å². The van der Waals surface area contributed by atoms with E-state index in [1.54, 1.807) is 0 Å². The molecule has 0 saturated heterocycles. The maximum Gasteiger partial charge on any atom is 0.417 e. The van der Waals surface area contributed by atoms with Crippen molar-refractivity contribution in [1.29, 1.82) is 0 Å². The predicted octanol–water partition coefficient (Wildman–Crippen LogP) is 4.83. The highest BCUT2D eigenvalue weighted by molar-refractivity contribution is 9.10. The van der Waals surface area contributed by atoms with Crippen molar-refractivity contribution in [3.8, 4) is 11.3 Å². The molecule has 0 amide bonds. The number of hydrogen-bond donors (Lipinski definition) is 1. The van der Waals surface area contributed by atoms with Crippen molar-refractivity contribution in [3.63, 3.8) is 0 Å². The minimum Gasteiger partial charge on any atom is -0.478 e. The Morgan fingerprint density at radius 1 is 1.24 bits per heavy atom. The first kappa shape index (κ1) is 15.4. The van der Waals surface area contributed by atoms with E-state index in [1.807, 2.05) is 0 Å². The summed E-state index contributed by atoms with van der Waals surface area (Å²) in [6.45, 7) is 0. The summed E-state index contributed by atoms with van der Waals surface area (Å²) in [5.74, 6) is -0.683. The zero-order chi connectivity index (χ0) is 15.6. The number of rotatable bonds is 3. The average molecular weight is 361 g/mol. The molecule has 0 unspecified atom stereocenters. The third kappa shape index (κ3) is 3.75. The topological polar surface area (TPSA) is 50.4 Å². The van der Waals surface area contributed by atoms with E-state index in [2.05, 4.69) is 15.9 Å². The number of carboxylic acids is 1. The summed E-state index contributed by atoms with van der Waals surface area (Å²) in [6, 6.07) is 6.68. The molecule has 0 aliphatic carbocycles. The molecule has 110 valence electrons. The van der Waals surface area contributed by atoms with Crippen LogP contribution in [0.2, 0.25) is 0 Å². The van der Waals surface area contributed by atoms with E-state index in [4.69, 9.17) is 9.52 Å². The lowest BCUT2D eigenvalue weighted by Crippen LogP contribution is -2.05. The molecule has 21 heavy (non-hydrogen) atoms. The third-order valence-corrected chi connectivity index (χ3v) is 3.26. The zero-order valence-corrected chi connectivity index (χ0v) is 11.9. The Hall–Kier alpha value is -2.02. The van der Waals surface area contributed by atoms with Gasteiger partial charge in [0.25, 0.3) is 0 Å². The lowest BCUT2D eigenvalue weighted by atomic mass is 10.1. The molecule has 0 radical (unpaired) electrons. The smallest absolute Gasteiger partial charge is 0.417 e. The summed E-state index contributed by atoms with van der Waals surface area (Å²) in [6.07, 6.45) is -2.38. The fourth-order valence-electron chi connectivity index (χ4n) is 1.65. The zero-order valence-electron chi connectivity index (χ0n) is 10.3.